The van der Waals surface area contributed by atoms with Crippen LogP contribution in [0.25, 0.3) is 0 Å². The van der Waals surface area contributed by atoms with Gasteiger partial charge in [-0.15, -0.1) is 11.8 Å². The topological polar surface area (TPSA) is 75.7 Å². The van der Waals surface area contributed by atoms with E-state index in [2.05, 4.69) is 5.32 Å². The standard InChI is InChI=1S/C20H17F3N2O4S/c1-29-15-7-5-14(6-8-15)25-18(27)10-16(19(25)28)30-11-17(26)24-13-4-2-3-12(9-13)20(21,22)23/h2-9,16H,10-11H2,1H3,(H,24,26). The number of ether oxygens (including phenoxy) is 1. The molecule has 1 aliphatic heterocycles. The Hall–Kier alpha value is -3.01. The number of methoxy groups -OCH3 is 1. The largest absolute Gasteiger partial charge is 0.497 e. The molecule has 1 N–H and O–H groups in total. The number of benzene rings is 2. The van der Waals surface area contributed by atoms with Gasteiger partial charge in [0.25, 0.3) is 0 Å². The molecule has 0 spiro atoms. The quantitative estimate of drug-likeness (QED) is 0.696. The highest BCUT2D eigenvalue weighted by molar-refractivity contribution is 8.01. The minimum Gasteiger partial charge on any atom is -0.497 e. The number of anilines is 2. The van der Waals surface area contributed by atoms with E-state index in [4.69, 9.17) is 4.74 Å². The van der Waals surface area contributed by atoms with E-state index in [0.29, 0.717) is 11.4 Å². The number of hydrogen-bond acceptors (Lipinski definition) is 5. The van der Waals surface area contributed by atoms with Crippen LogP contribution >= 0.6 is 11.8 Å². The molecule has 1 atom stereocenters. The summed E-state index contributed by atoms with van der Waals surface area (Å²) >= 11 is 0.968. The second kappa shape index (κ2) is 8.78. The lowest BCUT2D eigenvalue weighted by atomic mass is 10.2. The van der Waals surface area contributed by atoms with Gasteiger partial charge in [0.1, 0.15) is 5.75 Å². The van der Waals surface area contributed by atoms with Crippen molar-refractivity contribution in [3.8, 4) is 5.75 Å². The van der Waals surface area contributed by atoms with Crippen LogP contribution in [0.2, 0.25) is 0 Å². The SMILES string of the molecule is COc1ccc(N2C(=O)CC(SCC(=O)Nc3cccc(C(F)(F)F)c3)C2=O)cc1. The number of carbonyl (C=O) groups excluding carboxylic acids is 3. The molecule has 1 aliphatic rings. The van der Waals surface area contributed by atoms with Gasteiger partial charge in [0, 0.05) is 12.1 Å². The van der Waals surface area contributed by atoms with Gasteiger partial charge in [-0.1, -0.05) is 6.07 Å². The molecule has 0 radical (unpaired) electrons. The molecule has 30 heavy (non-hydrogen) atoms. The van der Waals surface area contributed by atoms with Crippen LogP contribution in [0.5, 0.6) is 5.75 Å². The van der Waals surface area contributed by atoms with Crippen molar-refractivity contribution in [3.63, 3.8) is 0 Å². The van der Waals surface area contributed by atoms with Gasteiger partial charge in [-0.25, -0.2) is 4.90 Å². The molecule has 6 nitrogen and oxygen atoms in total. The molecule has 3 amide bonds. The minimum absolute atomic E-state index is 0.00380. The van der Waals surface area contributed by atoms with E-state index >= 15 is 0 Å². The number of carbonyl (C=O) groups is 3. The predicted octanol–water partition coefficient (Wildman–Crippen LogP) is 3.72. The lowest BCUT2D eigenvalue weighted by molar-refractivity contribution is -0.137. The molecule has 1 fully saturated rings. The van der Waals surface area contributed by atoms with Crippen LogP contribution in [0.3, 0.4) is 0 Å². The first-order chi connectivity index (χ1) is 14.2. The number of halogens is 3. The molecule has 0 saturated carbocycles. The van der Waals surface area contributed by atoms with Crippen molar-refractivity contribution >= 4 is 40.9 Å². The van der Waals surface area contributed by atoms with Crippen molar-refractivity contribution in [2.45, 2.75) is 17.8 Å². The van der Waals surface area contributed by atoms with Crippen molar-refractivity contribution in [1.82, 2.24) is 0 Å². The second-order valence-electron chi connectivity index (χ2n) is 6.40. The van der Waals surface area contributed by atoms with Crippen LogP contribution in [-0.2, 0) is 20.6 Å². The highest BCUT2D eigenvalue weighted by Crippen LogP contribution is 2.32. The third-order valence-electron chi connectivity index (χ3n) is 4.33. The van der Waals surface area contributed by atoms with Gasteiger partial charge in [-0.05, 0) is 42.5 Å². The van der Waals surface area contributed by atoms with Gasteiger partial charge in [0.05, 0.1) is 29.4 Å². The first kappa shape index (κ1) is 21.7. The first-order valence-electron chi connectivity index (χ1n) is 8.78. The number of amides is 3. The summed E-state index contributed by atoms with van der Waals surface area (Å²) in [5.74, 6) is -1.00. The summed E-state index contributed by atoms with van der Waals surface area (Å²) in [6.45, 7) is 0. The summed E-state index contributed by atoms with van der Waals surface area (Å²) in [4.78, 5) is 38.0. The number of thioether (sulfide) groups is 1. The van der Waals surface area contributed by atoms with Crippen LogP contribution < -0.4 is 15.0 Å². The lowest BCUT2D eigenvalue weighted by Gasteiger charge is -2.15. The molecular weight excluding hydrogens is 421 g/mol. The van der Waals surface area contributed by atoms with E-state index in [1.165, 1.54) is 19.2 Å². The maximum absolute atomic E-state index is 12.8. The molecule has 2 aromatic carbocycles. The second-order valence-corrected chi connectivity index (χ2v) is 7.59. The van der Waals surface area contributed by atoms with E-state index in [9.17, 15) is 27.6 Å². The van der Waals surface area contributed by atoms with Crippen LogP contribution in [0.4, 0.5) is 24.5 Å². The summed E-state index contributed by atoms with van der Waals surface area (Å²) in [6.07, 6.45) is -4.58. The van der Waals surface area contributed by atoms with Crippen molar-refractivity contribution in [2.75, 3.05) is 23.1 Å². The fraction of sp³-hybridized carbons (Fsp3) is 0.250. The zero-order chi connectivity index (χ0) is 21.9. The van der Waals surface area contributed by atoms with Gasteiger partial charge in [0.15, 0.2) is 0 Å². The molecule has 0 bridgehead atoms. The van der Waals surface area contributed by atoms with Gasteiger partial charge in [-0.3, -0.25) is 14.4 Å². The van der Waals surface area contributed by atoms with Crippen molar-refractivity contribution < 1.29 is 32.3 Å². The van der Waals surface area contributed by atoms with E-state index in [0.717, 1.165) is 28.8 Å². The first-order valence-corrected chi connectivity index (χ1v) is 9.83. The molecular formula is C20H17F3N2O4S. The van der Waals surface area contributed by atoms with Crippen LogP contribution in [0, 0.1) is 0 Å². The minimum atomic E-state index is -4.52. The maximum atomic E-state index is 12.8. The normalized spacial score (nSPS) is 16.7. The molecule has 1 heterocycles. The fourth-order valence-electron chi connectivity index (χ4n) is 2.88. The molecule has 10 heteroatoms. The summed E-state index contributed by atoms with van der Waals surface area (Å²) in [7, 11) is 1.50. The van der Waals surface area contributed by atoms with E-state index in [-0.39, 0.29) is 23.8 Å². The van der Waals surface area contributed by atoms with Crippen LogP contribution in [0.15, 0.2) is 48.5 Å². The number of rotatable bonds is 6. The number of nitrogens with zero attached hydrogens (tertiary/aromatic N) is 1. The van der Waals surface area contributed by atoms with Gasteiger partial charge in [0.2, 0.25) is 17.7 Å². The van der Waals surface area contributed by atoms with Crippen molar-refractivity contribution in [2.24, 2.45) is 0 Å². The Kier molecular flexibility index (Phi) is 6.35. The Morgan fingerprint density at radius 2 is 1.90 bits per heavy atom. The van der Waals surface area contributed by atoms with Crippen molar-refractivity contribution in [1.29, 1.82) is 0 Å². The Labute approximate surface area is 174 Å². The highest BCUT2D eigenvalue weighted by atomic mass is 32.2. The molecule has 2 aromatic rings. The van der Waals surface area contributed by atoms with Crippen LogP contribution in [-0.4, -0.2) is 35.8 Å². The number of nitrogens with one attached hydrogen (secondary N) is 1. The summed E-state index contributed by atoms with van der Waals surface area (Å²) in [5, 5.41) is 1.63. The third-order valence-corrected chi connectivity index (χ3v) is 5.52. The Balaban J connectivity index is 1.59. The summed E-state index contributed by atoms with van der Waals surface area (Å²) in [6, 6.07) is 10.7. The number of hydrogen-bond donors (Lipinski definition) is 1. The predicted molar refractivity (Wildman–Crippen MR) is 106 cm³/mol. The van der Waals surface area contributed by atoms with E-state index < -0.39 is 28.8 Å². The van der Waals surface area contributed by atoms with Crippen molar-refractivity contribution in [3.05, 3.63) is 54.1 Å². The fourth-order valence-corrected chi connectivity index (χ4v) is 3.82. The Morgan fingerprint density at radius 3 is 2.53 bits per heavy atom. The van der Waals surface area contributed by atoms with E-state index in [1.54, 1.807) is 24.3 Å². The average molecular weight is 438 g/mol. The smallest absolute Gasteiger partial charge is 0.416 e. The maximum Gasteiger partial charge on any atom is 0.416 e. The molecule has 3 rings (SSSR count). The molecule has 1 saturated heterocycles. The monoisotopic (exact) mass is 438 g/mol. The highest BCUT2D eigenvalue weighted by Gasteiger charge is 2.40. The Morgan fingerprint density at radius 1 is 1.20 bits per heavy atom. The molecule has 0 aromatic heterocycles. The average Bonchev–Trinajstić information content (AvgIpc) is 2.99. The van der Waals surface area contributed by atoms with E-state index in [1.807, 2.05) is 0 Å². The van der Waals surface area contributed by atoms with Crippen LogP contribution in [0.1, 0.15) is 12.0 Å². The molecule has 158 valence electrons. The summed E-state index contributed by atoms with van der Waals surface area (Å²) in [5.41, 5.74) is -0.467. The van der Waals surface area contributed by atoms with Gasteiger partial charge >= 0.3 is 6.18 Å². The third kappa shape index (κ3) is 4.93. The number of imide groups is 1. The number of alkyl halides is 3. The van der Waals surface area contributed by atoms with Gasteiger partial charge < -0.3 is 10.1 Å². The molecule has 0 aliphatic carbocycles. The van der Waals surface area contributed by atoms with Gasteiger partial charge in [-0.2, -0.15) is 13.2 Å². The zero-order valence-electron chi connectivity index (χ0n) is 15.7. The Bertz CT molecular complexity index is 963. The lowest BCUT2D eigenvalue weighted by Crippen LogP contribution is -2.31. The zero-order valence-corrected chi connectivity index (χ0v) is 16.5. The summed E-state index contributed by atoms with van der Waals surface area (Å²) < 4.78 is 43.3. The molecule has 1 unspecified atom stereocenters.